The second-order valence-electron chi connectivity index (χ2n) is 3.10. The van der Waals surface area contributed by atoms with Crippen LogP contribution in [0.4, 0.5) is 11.4 Å². The fourth-order valence-electron chi connectivity index (χ4n) is 1.09. The van der Waals surface area contributed by atoms with Crippen molar-refractivity contribution in [3.63, 3.8) is 0 Å². The molecular formula is C9H14Cl2N2O. The lowest BCUT2D eigenvalue weighted by molar-refractivity contribution is 0.697. The van der Waals surface area contributed by atoms with Crippen LogP contribution in [0.15, 0.2) is 18.2 Å². The number of rotatable bonds is 1. The van der Waals surface area contributed by atoms with Crippen molar-refractivity contribution >= 4 is 35.1 Å². The van der Waals surface area contributed by atoms with E-state index in [1.165, 1.54) is 0 Å². The summed E-state index contributed by atoms with van der Waals surface area (Å²) in [5.74, 6) is 0.443. The molecule has 3 nitrogen and oxygen atoms in total. The second kappa shape index (κ2) is 6.76. The fraction of sp³-hybridized carbons (Fsp3) is 0.333. The Kier molecular flexibility index (Phi) is 6.45. The third-order valence-corrected chi connectivity index (χ3v) is 1.73. The van der Waals surface area contributed by atoms with Gasteiger partial charge in [-0.15, -0.1) is 0 Å². The molecule has 80 valence electrons. The van der Waals surface area contributed by atoms with E-state index in [1.807, 2.05) is 18.2 Å². The van der Waals surface area contributed by atoms with Gasteiger partial charge in [-0.1, -0.05) is 13.8 Å². The Balaban J connectivity index is 0.000000500. The maximum Gasteiger partial charge on any atom is 0.0832 e. The van der Waals surface area contributed by atoms with Crippen LogP contribution in [0.2, 0.25) is 0 Å². The molecule has 0 spiro atoms. The van der Waals surface area contributed by atoms with Crippen LogP contribution in [0, 0.1) is 0 Å². The largest absolute Gasteiger partial charge is 0.399 e. The Hall–Kier alpha value is -0.640. The second-order valence-corrected chi connectivity index (χ2v) is 3.57. The highest BCUT2D eigenvalue weighted by Gasteiger charge is 2.02. The lowest BCUT2D eigenvalue weighted by Crippen LogP contribution is -1.97. The third kappa shape index (κ3) is 4.56. The Morgan fingerprint density at radius 1 is 1.21 bits per heavy atom. The summed E-state index contributed by atoms with van der Waals surface area (Å²) in [5, 5.41) is 0. The van der Waals surface area contributed by atoms with E-state index in [1.54, 1.807) is 0 Å². The fourth-order valence-corrected chi connectivity index (χ4v) is 1.09. The molecule has 0 saturated heterocycles. The predicted octanol–water partition coefficient (Wildman–Crippen LogP) is 3.29. The maximum absolute atomic E-state index is 5.73. The van der Waals surface area contributed by atoms with Crippen molar-refractivity contribution < 1.29 is 3.84 Å². The van der Waals surface area contributed by atoms with Crippen LogP contribution in [0.25, 0.3) is 0 Å². The molecule has 1 aromatic rings. The number of nitrogen functional groups attached to an aromatic ring is 2. The molecule has 4 N–H and O–H groups in total. The summed E-state index contributed by atoms with van der Waals surface area (Å²) in [4.78, 5) is 0. The van der Waals surface area contributed by atoms with Crippen molar-refractivity contribution in [2.24, 2.45) is 0 Å². The average Bonchev–Trinajstić information content (AvgIpc) is 2.10. The molecule has 14 heavy (non-hydrogen) atoms. The zero-order chi connectivity index (χ0) is 11.1. The Morgan fingerprint density at radius 2 is 1.71 bits per heavy atom. The summed E-state index contributed by atoms with van der Waals surface area (Å²) < 4.78 is 3.19. The highest BCUT2D eigenvalue weighted by molar-refractivity contribution is 6.24. The molecule has 0 aromatic heterocycles. The van der Waals surface area contributed by atoms with E-state index in [-0.39, 0.29) is 0 Å². The lowest BCUT2D eigenvalue weighted by Gasteiger charge is -2.09. The van der Waals surface area contributed by atoms with Gasteiger partial charge < -0.3 is 11.5 Å². The average molecular weight is 237 g/mol. The van der Waals surface area contributed by atoms with Gasteiger partial charge in [0.15, 0.2) is 0 Å². The van der Waals surface area contributed by atoms with E-state index in [0.717, 1.165) is 16.9 Å². The molecule has 0 amide bonds. The molecule has 0 fully saturated rings. The van der Waals surface area contributed by atoms with Gasteiger partial charge in [0.25, 0.3) is 0 Å². The Labute approximate surface area is 94.3 Å². The minimum Gasteiger partial charge on any atom is -0.399 e. The summed E-state index contributed by atoms with van der Waals surface area (Å²) in [6, 6.07) is 5.60. The van der Waals surface area contributed by atoms with Crippen LogP contribution < -0.4 is 11.5 Å². The minimum absolute atomic E-state index is 0.443. The summed E-state index contributed by atoms with van der Waals surface area (Å²) in [7, 11) is 0. The molecule has 0 radical (unpaired) electrons. The zero-order valence-corrected chi connectivity index (χ0v) is 9.64. The quantitative estimate of drug-likeness (QED) is 0.736. The monoisotopic (exact) mass is 236 g/mol. The molecule has 1 rings (SSSR count). The van der Waals surface area contributed by atoms with Crippen LogP contribution in [-0.4, -0.2) is 0 Å². The number of benzene rings is 1. The van der Waals surface area contributed by atoms with Crippen LogP contribution in [0.3, 0.4) is 0 Å². The van der Waals surface area contributed by atoms with Crippen molar-refractivity contribution in [3.8, 4) is 0 Å². The summed E-state index contributed by atoms with van der Waals surface area (Å²) >= 11 is 8.53. The van der Waals surface area contributed by atoms with E-state index in [9.17, 15) is 0 Å². The molecule has 0 heterocycles. The number of halogens is 2. The van der Waals surface area contributed by atoms with E-state index in [4.69, 9.17) is 11.5 Å². The molecule has 1 aromatic carbocycles. The van der Waals surface area contributed by atoms with Gasteiger partial charge in [-0.3, -0.25) is 0 Å². The predicted molar refractivity (Wildman–Crippen MR) is 62.1 cm³/mol. The topological polar surface area (TPSA) is 61.3 Å². The molecule has 0 aliphatic heterocycles. The summed E-state index contributed by atoms with van der Waals surface area (Å²) in [6.45, 7) is 4.20. The van der Waals surface area contributed by atoms with Gasteiger partial charge in [-0.05, 0) is 29.7 Å². The third-order valence-electron chi connectivity index (χ3n) is 1.73. The van der Waals surface area contributed by atoms with Crippen molar-refractivity contribution in [1.29, 1.82) is 0 Å². The van der Waals surface area contributed by atoms with Crippen LogP contribution in [-0.2, 0) is 3.84 Å². The molecule has 0 saturated carbocycles. The van der Waals surface area contributed by atoms with Gasteiger partial charge in [0.2, 0.25) is 0 Å². The maximum atomic E-state index is 5.73. The standard InChI is InChI=1S/C9H14N2.Cl2O/c1-6(2)8-5-7(10)3-4-9(8)11;1-3-2/h3-6H,10-11H2,1-2H3;. The molecule has 0 aliphatic rings. The van der Waals surface area contributed by atoms with Gasteiger partial charge in [0.1, 0.15) is 0 Å². The number of hydrogen-bond donors (Lipinski definition) is 2. The van der Waals surface area contributed by atoms with E-state index < -0.39 is 0 Å². The SMILES string of the molecule is CC(C)c1cc(N)ccc1N.ClOCl. The number of hydrogen-bond acceptors (Lipinski definition) is 3. The van der Waals surface area contributed by atoms with Gasteiger partial charge in [0.05, 0.1) is 23.7 Å². The number of anilines is 2. The Bertz CT molecular complexity index is 280. The lowest BCUT2D eigenvalue weighted by atomic mass is 10.0. The van der Waals surface area contributed by atoms with Crippen molar-refractivity contribution in [2.75, 3.05) is 11.5 Å². The first kappa shape index (κ1) is 13.4. The highest BCUT2D eigenvalue weighted by Crippen LogP contribution is 2.23. The molecule has 0 bridgehead atoms. The van der Waals surface area contributed by atoms with Crippen LogP contribution >= 0.6 is 23.7 Å². The summed E-state index contributed by atoms with van der Waals surface area (Å²) in [5.41, 5.74) is 14.1. The Morgan fingerprint density at radius 3 is 2.07 bits per heavy atom. The molecule has 0 atom stereocenters. The summed E-state index contributed by atoms with van der Waals surface area (Å²) in [6.07, 6.45) is 0. The molecule has 0 unspecified atom stereocenters. The normalized spacial score (nSPS) is 9.50. The first-order chi connectivity index (χ1) is 6.52. The van der Waals surface area contributed by atoms with Crippen molar-refractivity contribution in [3.05, 3.63) is 23.8 Å². The molecule has 5 heteroatoms. The first-order valence-corrected chi connectivity index (χ1v) is 4.68. The smallest absolute Gasteiger partial charge is 0.0832 e. The van der Waals surface area contributed by atoms with E-state index >= 15 is 0 Å². The van der Waals surface area contributed by atoms with Gasteiger partial charge in [0, 0.05) is 11.4 Å². The van der Waals surface area contributed by atoms with Gasteiger partial charge >= 0.3 is 0 Å². The van der Waals surface area contributed by atoms with Gasteiger partial charge in [-0.2, -0.15) is 3.84 Å². The van der Waals surface area contributed by atoms with E-state index in [2.05, 4.69) is 41.4 Å². The zero-order valence-electron chi connectivity index (χ0n) is 8.13. The molecule has 0 aliphatic carbocycles. The van der Waals surface area contributed by atoms with Crippen molar-refractivity contribution in [2.45, 2.75) is 19.8 Å². The van der Waals surface area contributed by atoms with Crippen molar-refractivity contribution in [1.82, 2.24) is 0 Å². The molecular weight excluding hydrogens is 223 g/mol. The van der Waals surface area contributed by atoms with Gasteiger partial charge in [-0.25, -0.2) is 0 Å². The van der Waals surface area contributed by atoms with Crippen LogP contribution in [0.1, 0.15) is 25.3 Å². The minimum atomic E-state index is 0.443. The number of nitrogens with two attached hydrogens (primary N) is 2. The highest BCUT2D eigenvalue weighted by atomic mass is 35.6. The first-order valence-electron chi connectivity index (χ1n) is 4.07. The van der Waals surface area contributed by atoms with E-state index in [0.29, 0.717) is 5.92 Å². The van der Waals surface area contributed by atoms with Crippen LogP contribution in [0.5, 0.6) is 0 Å².